The summed E-state index contributed by atoms with van der Waals surface area (Å²) in [7, 11) is 1.52. The molecule has 1 saturated heterocycles. The first-order valence-corrected chi connectivity index (χ1v) is 8.74. The summed E-state index contributed by atoms with van der Waals surface area (Å²) in [5.41, 5.74) is 1.45. The first-order chi connectivity index (χ1) is 13.5. The van der Waals surface area contributed by atoms with Crippen LogP contribution in [0.2, 0.25) is 0 Å². The van der Waals surface area contributed by atoms with Crippen LogP contribution in [0.5, 0.6) is 0 Å². The summed E-state index contributed by atoms with van der Waals surface area (Å²) < 4.78 is 5.34. The number of nitrogens with zero attached hydrogens (tertiary/aromatic N) is 2. The van der Waals surface area contributed by atoms with Crippen molar-refractivity contribution in [1.82, 2.24) is 5.32 Å². The van der Waals surface area contributed by atoms with E-state index in [1.54, 1.807) is 30.3 Å². The number of morpholine rings is 1. The van der Waals surface area contributed by atoms with Crippen molar-refractivity contribution < 1.29 is 19.2 Å². The van der Waals surface area contributed by atoms with Gasteiger partial charge in [-0.05, 0) is 24.3 Å². The maximum atomic E-state index is 12.9. The third-order valence-electron chi connectivity index (χ3n) is 4.40. The van der Waals surface area contributed by atoms with Gasteiger partial charge in [-0.2, -0.15) is 0 Å². The smallest absolute Gasteiger partial charge is 0.270 e. The van der Waals surface area contributed by atoms with Crippen molar-refractivity contribution in [1.29, 1.82) is 0 Å². The van der Waals surface area contributed by atoms with Crippen molar-refractivity contribution >= 4 is 28.9 Å². The molecule has 0 bridgehead atoms. The Morgan fingerprint density at radius 1 is 1.11 bits per heavy atom. The van der Waals surface area contributed by atoms with Crippen LogP contribution in [0.1, 0.15) is 20.7 Å². The number of rotatable bonds is 5. The normalized spacial score (nSPS) is 13.7. The van der Waals surface area contributed by atoms with Gasteiger partial charge in [0.15, 0.2) is 0 Å². The van der Waals surface area contributed by atoms with Gasteiger partial charge in [-0.25, -0.2) is 0 Å². The van der Waals surface area contributed by atoms with Crippen LogP contribution in [-0.2, 0) is 4.74 Å². The Morgan fingerprint density at radius 2 is 1.86 bits per heavy atom. The first kappa shape index (κ1) is 19.3. The number of ether oxygens (including phenoxy) is 1. The summed E-state index contributed by atoms with van der Waals surface area (Å²) >= 11 is 0. The summed E-state index contributed by atoms with van der Waals surface area (Å²) in [6.07, 6.45) is 0. The molecule has 2 N–H and O–H groups in total. The second kappa shape index (κ2) is 8.49. The van der Waals surface area contributed by atoms with Gasteiger partial charge < -0.3 is 20.3 Å². The van der Waals surface area contributed by atoms with E-state index in [0.29, 0.717) is 43.2 Å². The first-order valence-electron chi connectivity index (χ1n) is 8.74. The molecule has 0 aromatic heterocycles. The summed E-state index contributed by atoms with van der Waals surface area (Å²) in [6, 6.07) is 10.7. The molecule has 2 aromatic carbocycles. The molecule has 0 atom stereocenters. The van der Waals surface area contributed by atoms with E-state index in [9.17, 15) is 19.7 Å². The number of carbonyl (C=O) groups excluding carboxylic acids is 2. The Balaban J connectivity index is 1.92. The minimum absolute atomic E-state index is 0.165. The molecular formula is C19H20N4O5. The predicted molar refractivity (Wildman–Crippen MR) is 104 cm³/mol. The zero-order valence-electron chi connectivity index (χ0n) is 15.3. The van der Waals surface area contributed by atoms with E-state index in [1.165, 1.54) is 19.2 Å². The van der Waals surface area contributed by atoms with Gasteiger partial charge in [-0.15, -0.1) is 0 Å². The van der Waals surface area contributed by atoms with Crippen LogP contribution >= 0.6 is 0 Å². The van der Waals surface area contributed by atoms with Crippen molar-refractivity contribution in [3.8, 4) is 0 Å². The zero-order valence-corrected chi connectivity index (χ0v) is 15.3. The molecule has 1 aliphatic rings. The molecule has 3 rings (SSSR count). The molecule has 28 heavy (non-hydrogen) atoms. The van der Waals surface area contributed by atoms with Gasteiger partial charge in [0.05, 0.1) is 29.4 Å². The number of nitrogens with one attached hydrogen (secondary N) is 2. The molecule has 146 valence electrons. The molecule has 9 heteroatoms. The van der Waals surface area contributed by atoms with Gasteiger partial charge >= 0.3 is 0 Å². The Hall–Kier alpha value is -3.46. The standard InChI is InChI=1S/C19H20N4O5/c1-20-18(24)13-3-2-4-14(11-13)21-19(25)16-12-15(23(26)27)5-6-17(16)22-7-9-28-10-8-22/h2-6,11-12H,7-10H2,1H3,(H,20,24)(H,21,25). The number of amides is 2. The van der Waals surface area contributed by atoms with Crippen molar-refractivity contribution in [2.24, 2.45) is 0 Å². The average molecular weight is 384 g/mol. The highest BCUT2D eigenvalue weighted by Crippen LogP contribution is 2.27. The lowest BCUT2D eigenvalue weighted by Gasteiger charge is -2.30. The van der Waals surface area contributed by atoms with Crippen LogP contribution in [-0.4, -0.2) is 50.1 Å². The molecule has 2 aromatic rings. The number of anilines is 2. The Bertz CT molecular complexity index is 909. The fourth-order valence-corrected chi connectivity index (χ4v) is 2.98. The van der Waals surface area contributed by atoms with E-state index < -0.39 is 10.8 Å². The molecule has 0 saturated carbocycles. The van der Waals surface area contributed by atoms with Gasteiger partial charge in [0.25, 0.3) is 17.5 Å². The van der Waals surface area contributed by atoms with Gasteiger partial charge in [0, 0.05) is 43.5 Å². The van der Waals surface area contributed by atoms with E-state index in [1.807, 2.05) is 4.90 Å². The van der Waals surface area contributed by atoms with Crippen LogP contribution in [0.4, 0.5) is 17.1 Å². The van der Waals surface area contributed by atoms with Crippen LogP contribution < -0.4 is 15.5 Å². The van der Waals surface area contributed by atoms with Crippen molar-refractivity contribution in [2.75, 3.05) is 43.6 Å². The molecule has 9 nitrogen and oxygen atoms in total. The number of non-ortho nitro benzene ring substituents is 1. The lowest BCUT2D eigenvalue weighted by atomic mass is 10.1. The minimum atomic E-state index is -0.536. The Labute approximate surface area is 161 Å². The van der Waals surface area contributed by atoms with Gasteiger partial charge in [-0.3, -0.25) is 19.7 Å². The average Bonchev–Trinajstić information content (AvgIpc) is 2.73. The quantitative estimate of drug-likeness (QED) is 0.602. The van der Waals surface area contributed by atoms with Crippen molar-refractivity contribution in [2.45, 2.75) is 0 Å². The summed E-state index contributed by atoms with van der Waals surface area (Å²) in [5, 5.41) is 16.4. The highest BCUT2D eigenvalue weighted by atomic mass is 16.6. The van der Waals surface area contributed by atoms with E-state index in [2.05, 4.69) is 10.6 Å². The second-order valence-corrected chi connectivity index (χ2v) is 6.17. The number of hydrogen-bond acceptors (Lipinski definition) is 6. The summed E-state index contributed by atoms with van der Waals surface area (Å²) in [4.78, 5) is 37.3. The predicted octanol–water partition coefficient (Wildman–Crippen LogP) is 2.04. The summed E-state index contributed by atoms with van der Waals surface area (Å²) in [5.74, 6) is -0.764. The summed E-state index contributed by atoms with van der Waals surface area (Å²) in [6.45, 7) is 2.22. The molecule has 1 fully saturated rings. The zero-order chi connectivity index (χ0) is 20.1. The lowest BCUT2D eigenvalue weighted by Crippen LogP contribution is -2.37. The topological polar surface area (TPSA) is 114 Å². The maximum absolute atomic E-state index is 12.9. The SMILES string of the molecule is CNC(=O)c1cccc(NC(=O)c2cc([N+](=O)[O-])ccc2N2CCOCC2)c1. The Kier molecular flexibility index (Phi) is 5.85. The number of nitro groups is 1. The number of benzene rings is 2. The van der Waals surface area contributed by atoms with Crippen molar-refractivity contribution in [3.05, 3.63) is 63.7 Å². The van der Waals surface area contributed by atoms with Crippen molar-refractivity contribution in [3.63, 3.8) is 0 Å². The molecule has 0 radical (unpaired) electrons. The highest BCUT2D eigenvalue weighted by Gasteiger charge is 2.22. The number of hydrogen-bond donors (Lipinski definition) is 2. The van der Waals surface area contributed by atoms with Crippen LogP contribution in [0.25, 0.3) is 0 Å². The molecule has 2 amide bonds. The van der Waals surface area contributed by atoms with Crippen LogP contribution in [0.15, 0.2) is 42.5 Å². The monoisotopic (exact) mass is 384 g/mol. The lowest BCUT2D eigenvalue weighted by molar-refractivity contribution is -0.384. The Morgan fingerprint density at radius 3 is 2.54 bits per heavy atom. The van der Waals surface area contributed by atoms with Crippen LogP contribution in [0.3, 0.4) is 0 Å². The molecule has 0 spiro atoms. The molecule has 0 unspecified atom stereocenters. The van der Waals surface area contributed by atoms with E-state index in [4.69, 9.17) is 4.74 Å². The third kappa shape index (κ3) is 4.26. The fraction of sp³-hybridized carbons (Fsp3) is 0.263. The maximum Gasteiger partial charge on any atom is 0.270 e. The van der Waals surface area contributed by atoms with Crippen LogP contribution in [0, 0.1) is 10.1 Å². The molecular weight excluding hydrogens is 364 g/mol. The van der Waals surface area contributed by atoms with Gasteiger partial charge in [-0.1, -0.05) is 6.07 Å². The van der Waals surface area contributed by atoms with Gasteiger partial charge in [0.1, 0.15) is 0 Å². The number of carbonyl (C=O) groups is 2. The second-order valence-electron chi connectivity index (χ2n) is 6.17. The van der Waals surface area contributed by atoms with E-state index in [0.717, 1.165) is 0 Å². The fourth-order valence-electron chi connectivity index (χ4n) is 2.98. The van der Waals surface area contributed by atoms with E-state index >= 15 is 0 Å². The largest absolute Gasteiger partial charge is 0.378 e. The number of nitro benzene ring substituents is 1. The van der Waals surface area contributed by atoms with Gasteiger partial charge in [0.2, 0.25) is 0 Å². The molecule has 1 heterocycles. The van der Waals surface area contributed by atoms with E-state index in [-0.39, 0.29) is 17.2 Å². The molecule has 1 aliphatic heterocycles. The molecule has 0 aliphatic carbocycles. The minimum Gasteiger partial charge on any atom is -0.378 e. The highest BCUT2D eigenvalue weighted by molar-refractivity contribution is 6.09. The third-order valence-corrected chi connectivity index (χ3v) is 4.40.